The smallest absolute Gasteiger partial charge is 0.193 e. The Kier molecular flexibility index (Phi) is 8.96. The van der Waals surface area contributed by atoms with E-state index in [1.165, 1.54) is 63.5 Å². The van der Waals surface area contributed by atoms with Crippen LogP contribution in [-0.2, 0) is 6.54 Å². The van der Waals surface area contributed by atoms with Crippen LogP contribution in [-0.4, -0.2) is 21.3 Å². The molecule has 0 unspecified atom stereocenters. The van der Waals surface area contributed by atoms with E-state index in [0.717, 1.165) is 19.4 Å². The Labute approximate surface area is 122 Å². The summed E-state index contributed by atoms with van der Waals surface area (Å²) in [4.78, 5) is 0. The van der Waals surface area contributed by atoms with E-state index in [4.69, 9.17) is 5.73 Å². The first kappa shape index (κ1) is 16.9. The van der Waals surface area contributed by atoms with Gasteiger partial charge in [0.2, 0.25) is 0 Å². The number of aromatic nitrogens is 1. The highest BCUT2D eigenvalue weighted by Gasteiger charge is 2.04. The van der Waals surface area contributed by atoms with Crippen LogP contribution in [0.4, 0.5) is 0 Å². The fraction of sp³-hybridized carbons (Fsp3) is 0.750. The molecule has 0 spiro atoms. The molecule has 1 heterocycles. The molecule has 1 rings (SSSR count). The Morgan fingerprint density at radius 1 is 0.700 bits per heavy atom. The summed E-state index contributed by atoms with van der Waals surface area (Å²) in [6.07, 6.45) is 12.5. The number of hydrogen-bond donors (Lipinski definition) is 3. The normalized spacial score (nSPS) is 11.1. The average Bonchev–Trinajstić information content (AvgIpc) is 2.76. The zero-order valence-electron chi connectivity index (χ0n) is 12.6. The van der Waals surface area contributed by atoms with Gasteiger partial charge in [-0.15, -0.1) is 0 Å². The largest absolute Gasteiger partial charge is 0.494 e. The van der Waals surface area contributed by atoms with E-state index < -0.39 is 0 Å². The van der Waals surface area contributed by atoms with Crippen LogP contribution in [0.25, 0.3) is 0 Å². The van der Waals surface area contributed by atoms with E-state index in [9.17, 15) is 10.2 Å². The zero-order chi connectivity index (χ0) is 14.6. The van der Waals surface area contributed by atoms with Crippen LogP contribution in [0.15, 0.2) is 12.1 Å². The van der Waals surface area contributed by atoms with E-state index >= 15 is 0 Å². The van der Waals surface area contributed by atoms with Crippen molar-refractivity contribution >= 4 is 0 Å². The first-order chi connectivity index (χ1) is 9.75. The second-order valence-corrected chi connectivity index (χ2v) is 5.53. The van der Waals surface area contributed by atoms with E-state index in [1.54, 1.807) is 4.57 Å². The first-order valence-electron chi connectivity index (χ1n) is 8.03. The molecule has 0 saturated heterocycles. The quantitative estimate of drug-likeness (QED) is 0.511. The number of nitrogens with two attached hydrogens (primary N) is 1. The van der Waals surface area contributed by atoms with Crippen molar-refractivity contribution in [3.05, 3.63) is 12.1 Å². The SMILES string of the molecule is NCCCCCCCCCCCCn1c(O)ccc1O. The summed E-state index contributed by atoms with van der Waals surface area (Å²) in [5.74, 6) is 0.306. The molecule has 0 atom stereocenters. The minimum absolute atomic E-state index is 0.153. The summed E-state index contributed by atoms with van der Waals surface area (Å²) in [5.41, 5.74) is 5.46. The summed E-state index contributed by atoms with van der Waals surface area (Å²) >= 11 is 0. The zero-order valence-corrected chi connectivity index (χ0v) is 12.6. The Bertz CT molecular complexity index is 331. The van der Waals surface area contributed by atoms with Gasteiger partial charge in [0.15, 0.2) is 11.8 Å². The number of aromatic hydroxyl groups is 2. The first-order valence-corrected chi connectivity index (χ1v) is 8.03. The van der Waals surface area contributed by atoms with Crippen LogP contribution >= 0.6 is 0 Å². The number of hydrogen-bond acceptors (Lipinski definition) is 3. The van der Waals surface area contributed by atoms with E-state index in [2.05, 4.69) is 0 Å². The van der Waals surface area contributed by atoms with Gasteiger partial charge in [0.1, 0.15) is 0 Å². The molecule has 0 aliphatic heterocycles. The van der Waals surface area contributed by atoms with Gasteiger partial charge in [-0.05, 0) is 19.4 Å². The maximum absolute atomic E-state index is 9.49. The van der Waals surface area contributed by atoms with Crippen molar-refractivity contribution in [2.75, 3.05) is 6.54 Å². The van der Waals surface area contributed by atoms with Crippen LogP contribution < -0.4 is 5.73 Å². The maximum Gasteiger partial charge on any atom is 0.193 e. The van der Waals surface area contributed by atoms with E-state index in [0.29, 0.717) is 6.54 Å². The molecule has 0 aromatic carbocycles. The molecule has 0 saturated carbocycles. The lowest BCUT2D eigenvalue weighted by Crippen LogP contribution is -1.97. The van der Waals surface area contributed by atoms with Crippen LogP contribution in [0.5, 0.6) is 11.8 Å². The number of nitrogens with zero attached hydrogens (tertiary/aromatic N) is 1. The highest BCUT2D eigenvalue weighted by Crippen LogP contribution is 2.21. The molecule has 4 heteroatoms. The Balaban J connectivity index is 1.88. The minimum Gasteiger partial charge on any atom is -0.494 e. The molecule has 4 nitrogen and oxygen atoms in total. The third-order valence-corrected chi connectivity index (χ3v) is 3.77. The van der Waals surface area contributed by atoms with Gasteiger partial charge < -0.3 is 15.9 Å². The van der Waals surface area contributed by atoms with Crippen molar-refractivity contribution in [3.8, 4) is 11.8 Å². The standard InChI is InChI=1S/C16H30N2O2/c17-13-9-7-5-3-1-2-4-6-8-10-14-18-15(19)11-12-16(18)20/h11-12,19-20H,1-10,13-14,17H2. The summed E-state index contributed by atoms with van der Waals surface area (Å²) in [6.45, 7) is 1.52. The summed E-state index contributed by atoms with van der Waals surface area (Å²) in [6, 6.07) is 3.06. The summed E-state index contributed by atoms with van der Waals surface area (Å²) in [5, 5.41) is 19.0. The Hall–Kier alpha value is -1.16. The monoisotopic (exact) mass is 282 g/mol. The van der Waals surface area contributed by atoms with Crippen LogP contribution in [0, 0.1) is 0 Å². The van der Waals surface area contributed by atoms with Crippen LogP contribution in [0.2, 0.25) is 0 Å². The molecule has 116 valence electrons. The molecular formula is C16H30N2O2. The van der Waals surface area contributed by atoms with Gasteiger partial charge >= 0.3 is 0 Å². The van der Waals surface area contributed by atoms with Crippen molar-refractivity contribution < 1.29 is 10.2 Å². The van der Waals surface area contributed by atoms with Crippen molar-refractivity contribution in [1.82, 2.24) is 4.57 Å². The molecule has 1 aromatic heterocycles. The molecule has 0 aliphatic rings. The molecule has 1 aromatic rings. The van der Waals surface area contributed by atoms with Crippen LogP contribution in [0.1, 0.15) is 64.2 Å². The highest BCUT2D eigenvalue weighted by atomic mass is 16.3. The third-order valence-electron chi connectivity index (χ3n) is 3.77. The number of unbranched alkanes of at least 4 members (excludes halogenated alkanes) is 9. The lowest BCUT2D eigenvalue weighted by Gasteiger charge is -2.06. The van der Waals surface area contributed by atoms with Gasteiger partial charge in [-0.1, -0.05) is 51.4 Å². The van der Waals surface area contributed by atoms with Crippen molar-refractivity contribution in [3.63, 3.8) is 0 Å². The maximum atomic E-state index is 9.49. The summed E-state index contributed by atoms with van der Waals surface area (Å²) < 4.78 is 1.55. The fourth-order valence-electron chi connectivity index (χ4n) is 2.50. The molecule has 0 aliphatic carbocycles. The molecule has 0 bridgehead atoms. The highest BCUT2D eigenvalue weighted by molar-refractivity contribution is 5.23. The molecular weight excluding hydrogens is 252 g/mol. The van der Waals surface area contributed by atoms with Gasteiger partial charge in [-0.3, -0.25) is 4.57 Å². The molecule has 20 heavy (non-hydrogen) atoms. The van der Waals surface area contributed by atoms with Crippen molar-refractivity contribution in [2.45, 2.75) is 70.8 Å². The van der Waals surface area contributed by atoms with E-state index in [1.807, 2.05) is 0 Å². The molecule has 0 radical (unpaired) electrons. The van der Waals surface area contributed by atoms with Gasteiger partial charge in [-0.25, -0.2) is 0 Å². The van der Waals surface area contributed by atoms with Gasteiger partial charge in [-0.2, -0.15) is 0 Å². The van der Waals surface area contributed by atoms with Gasteiger partial charge in [0.25, 0.3) is 0 Å². The topological polar surface area (TPSA) is 71.4 Å². The lowest BCUT2D eigenvalue weighted by molar-refractivity contribution is 0.361. The lowest BCUT2D eigenvalue weighted by atomic mass is 10.1. The van der Waals surface area contributed by atoms with Crippen molar-refractivity contribution in [1.29, 1.82) is 0 Å². The third kappa shape index (κ3) is 6.85. The van der Waals surface area contributed by atoms with Gasteiger partial charge in [0, 0.05) is 18.7 Å². The Morgan fingerprint density at radius 2 is 1.10 bits per heavy atom. The van der Waals surface area contributed by atoms with Crippen LogP contribution in [0.3, 0.4) is 0 Å². The van der Waals surface area contributed by atoms with Gasteiger partial charge in [0.05, 0.1) is 0 Å². The second-order valence-electron chi connectivity index (χ2n) is 5.53. The predicted molar refractivity (Wildman–Crippen MR) is 83.0 cm³/mol. The number of rotatable bonds is 12. The summed E-state index contributed by atoms with van der Waals surface area (Å²) in [7, 11) is 0. The molecule has 0 amide bonds. The molecule has 4 N–H and O–H groups in total. The second kappa shape index (κ2) is 10.6. The Morgan fingerprint density at radius 3 is 1.55 bits per heavy atom. The predicted octanol–water partition coefficient (Wildman–Crippen LogP) is 3.76. The molecule has 0 fully saturated rings. The minimum atomic E-state index is 0.153. The van der Waals surface area contributed by atoms with E-state index in [-0.39, 0.29) is 11.8 Å². The van der Waals surface area contributed by atoms with Crippen molar-refractivity contribution in [2.24, 2.45) is 5.73 Å². The average molecular weight is 282 g/mol. The fourth-order valence-corrected chi connectivity index (χ4v) is 2.50.